The molecule has 8 nitrogen and oxygen atoms in total. The SMILES string of the molecule is COc1ccc(S(=O)(=O)N(CC(=O)N(CCc2ccccc2)[C@H](C)C(=O)NC2CCCC2)c2ccccc2)cc1. The second kappa shape index (κ2) is 13.5. The van der Waals surface area contributed by atoms with Gasteiger partial charge in [-0.3, -0.25) is 13.9 Å². The number of rotatable bonds is 12. The highest BCUT2D eigenvalue weighted by molar-refractivity contribution is 7.92. The molecule has 40 heavy (non-hydrogen) atoms. The van der Waals surface area contributed by atoms with Crippen molar-refractivity contribution in [3.63, 3.8) is 0 Å². The van der Waals surface area contributed by atoms with Gasteiger partial charge in [0.2, 0.25) is 11.8 Å². The van der Waals surface area contributed by atoms with Gasteiger partial charge in [-0.05, 0) is 68.1 Å². The predicted octanol–water partition coefficient (Wildman–Crippen LogP) is 4.41. The van der Waals surface area contributed by atoms with E-state index in [1.807, 2.05) is 30.3 Å². The molecule has 1 atom stereocenters. The lowest BCUT2D eigenvalue weighted by atomic mass is 10.1. The first-order valence-electron chi connectivity index (χ1n) is 13.6. The summed E-state index contributed by atoms with van der Waals surface area (Å²) < 4.78 is 34.0. The number of carbonyl (C=O) groups excluding carboxylic acids is 2. The topological polar surface area (TPSA) is 96.0 Å². The predicted molar refractivity (Wildman–Crippen MR) is 156 cm³/mol. The average molecular weight is 564 g/mol. The van der Waals surface area contributed by atoms with Crippen LogP contribution in [0.3, 0.4) is 0 Å². The van der Waals surface area contributed by atoms with E-state index in [0.717, 1.165) is 35.6 Å². The molecule has 0 saturated heterocycles. The van der Waals surface area contributed by atoms with Gasteiger partial charge in [0.25, 0.3) is 10.0 Å². The highest BCUT2D eigenvalue weighted by Crippen LogP contribution is 2.26. The number of sulfonamides is 1. The second-order valence-electron chi connectivity index (χ2n) is 10.0. The Balaban J connectivity index is 1.62. The molecule has 1 aliphatic carbocycles. The third kappa shape index (κ3) is 7.21. The zero-order valence-electron chi connectivity index (χ0n) is 23.0. The zero-order valence-corrected chi connectivity index (χ0v) is 23.8. The van der Waals surface area contributed by atoms with E-state index in [0.29, 0.717) is 17.9 Å². The molecule has 2 amide bonds. The van der Waals surface area contributed by atoms with Gasteiger partial charge in [0.15, 0.2) is 0 Å². The van der Waals surface area contributed by atoms with E-state index in [1.165, 1.54) is 24.1 Å². The number of hydrogen-bond acceptors (Lipinski definition) is 5. The molecule has 212 valence electrons. The smallest absolute Gasteiger partial charge is 0.264 e. The molecule has 0 aliphatic heterocycles. The van der Waals surface area contributed by atoms with Crippen molar-refractivity contribution >= 4 is 27.5 Å². The van der Waals surface area contributed by atoms with Gasteiger partial charge in [0, 0.05) is 12.6 Å². The Morgan fingerprint density at radius 2 is 1.52 bits per heavy atom. The van der Waals surface area contributed by atoms with E-state index in [-0.39, 0.29) is 23.4 Å². The molecule has 0 aromatic heterocycles. The molecule has 4 rings (SSSR count). The number of hydrogen-bond donors (Lipinski definition) is 1. The van der Waals surface area contributed by atoms with E-state index in [9.17, 15) is 18.0 Å². The summed E-state index contributed by atoms with van der Waals surface area (Å²) in [4.78, 5) is 28.7. The van der Waals surface area contributed by atoms with Crippen LogP contribution in [-0.4, -0.2) is 57.4 Å². The van der Waals surface area contributed by atoms with E-state index in [2.05, 4.69) is 5.32 Å². The van der Waals surface area contributed by atoms with Crippen LogP contribution in [0.4, 0.5) is 5.69 Å². The molecule has 3 aromatic rings. The summed E-state index contributed by atoms with van der Waals surface area (Å²) >= 11 is 0. The molecule has 1 aliphatic rings. The number of methoxy groups -OCH3 is 1. The standard InChI is InChI=1S/C31H37N3O5S/c1-24(31(36)32-26-13-9-10-14-26)33(22-21-25-11-5-3-6-12-25)30(35)23-34(27-15-7-4-8-16-27)40(37,38)29-19-17-28(39-2)18-20-29/h3-8,11-12,15-20,24,26H,9-10,13-14,21-23H2,1-2H3,(H,32,36)/t24-/m1/s1. The number of nitrogens with one attached hydrogen (secondary N) is 1. The van der Waals surface area contributed by atoms with Crippen LogP contribution in [0.2, 0.25) is 0 Å². The normalized spacial score (nSPS) is 14.3. The van der Waals surface area contributed by atoms with Crippen molar-refractivity contribution in [1.29, 1.82) is 0 Å². The number of anilines is 1. The number of benzene rings is 3. The van der Waals surface area contributed by atoms with Crippen LogP contribution >= 0.6 is 0 Å². The molecule has 0 radical (unpaired) electrons. The van der Waals surface area contributed by atoms with Crippen molar-refractivity contribution in [2.75, 3.05) is 24.5 Å². The average Bonchev–Trinajstić information content (AvgIpc) is 3.50. The zero-order chi connectivity index (χ0) is 28.5. The molecule has 1 saturated carbocycles. The summed E-state index contributed by atoms with van der Waals surface area (Å²) in [5.74, 6) is -0.154. The van der Waals surface area contributed by atoms with Crippen LogP contribution in [0.5, 0.6) is 5.75 Å². The third-order valence-corrected chi connectivity index (χ3v) is 9.11. The minimum Gasteiger partial charge on any atom is -0.497 e. The first kappa shape index (κ1) is 29.1. The van der Waals surface area contributed by atoms with Crippen LogP contribution in [0.25, 0.3) is 0 Å². The molecule has 1 N–H and O–H groups in total. The van der Waals surface area contributed by atoms with Crippen molar-refractivity contribution < 1.29 is 22.7 Å². The van der Waals surface area contributed by atoms with Gasteiger partial charge < -0.3 is 15.0 Å². The number of para-hydroxylation sites is 1. The summed E-state index contributed by atoms with van der Waals surface area (Å²) in [6.07, 6.45) is 4.54. The fourth-order valence-electron chi connectivity index (χ4n) is 4.96. The van der Waals surface area contributed by atoms with E-state index >= 15 is 0 Å². The summed E-state index contributed by atoms with van der Waals surface area (Å²) in [5, 5.41) is 3.09. The summed E-state index contributed by atoms with van der Waals surface area (Å²) in [6.45, 7) is 1.53. The van der Waals surface area contributed by atoms with Gasteiger partial charge in [-0.2, -0.15) is 0 Å². The van der Waals surface area contributed by atoms with Crippen molar-refractivity contribution in [1.82, 2.24) is 10.2 Å². The molecule has 0 unspecified atom stereocenters. The van der Waals surface area contributed by atoms with Crippen molar-refractivity contribution in [2.24, 2.45) is 0 Å². The highest BCUT2D eigenvalue weighted by Gasteiger charge is 2.33. The summed E-state index contributed by atoms with van der Waals surface area (Å²) in [5.41, 5.74) is 1.38. The fraction of sp³-hybridized carbons (Fsp3) is 0.355. The molecular weight excluding hydrogens is 526 g/mol. The van der Waals surface area contributed by atoms with Gasteiger partial charge in [0.05, 0.1) is 17.7 Å². The highest BCUT2D eigenvalue weighted by atomic mass is 32.2. The lowest BCUT2D eigenvalue weighted by molar-refractivity contribution is -0.139. The van der Waals surface area contributed by atoms with Crippen molar-refractivity contribution in [3.8, 4) is 5.75 Å². The van der Waals surface area contributed by atoms with Crippen molar-refractivity contribution in [2.45, 2.75) is 56.0 Å². The maximum atomic E-state index is 13.9. The molecule has 0 bridgehead atoms. The Kier molecular flexibility index (Phi) is 9.82. The first-order valence-corrected chi connectivity index (χ1v) is 15.1. The van der Waals surface area contributed by atoms with Gasteiger partial charge in [-0.1, -0.05) is 61.4 Å². The van der Waals surface area contributed by atoms with Crippen LogP contribution in [0, 0.1) is 0 Å². The molecule has 0 heterocycles. The first-order chi connectivity index (χ1) is 19.3. The van der Waals surface area contributed by atoms with Gasteiger partial charge >= 0.3 is 0 Å². The Labute approximate surface area is 237 Å². The van der Waals surface area contributed by atoms with Gasteiger partial charge in [-0.25, -0.2) is 8.42 Å². The van der Waals surface area contributed by atoms with E-state index in [4.69, 9.17) is 4.74 Å². The van der Waals surface area contributed by atoms with Crippen LogP contribution in [-0.2, 0) is 26.0 Å². The summed E-state index contributed by atoms with van der Waals surface area (Å²) in [6, 6.07) is 23.6. The van der Waals surface area contributed by atoms with Gasteiger partial charge in [-0.15, -0.1) is 0 Å². The largest absolute Gasteiger partial charge is 0.497 e. The number of amides is 2. The molecule has 0 spiro atoms. The number of ether oxygens (including phenoxy) is 1. The molecule has 3 aromatic carbocycles. The van der Waals surface area contributed by atoms with E-state index in [1.54, 1.807) is 49.4 Å². The Morgan fingerprint density at radius 3 is 2.12 bits per heavy atom. The second-order valence-corrected chi connectivity index (χ2v) is 11.9. The molecule has 9 heteroatoms. The molecule has 1 fully saturated rings. The Bertz CT molecular complexity index is 1360. The number of nitrogens with zero attached hydrogens (tertiary/aromatic N) is 2. The maximum Gasteiger partial charge on any atom is 0.264 e. The lowest BCUT2D eigenvalue weighted by Crippen LogP contribution is -2.53. The van der Waals surface area contributed by atoms with Crippen LogP contribution in [0.15, 0.2) is 89.8 Å². The quantitative estimate of drug-likeness (QED) is 0.352. The van der Waals surface area contributed by atoms with Crippen LogP contribution in [0.1, 0.15) is 38.2 Å². The maximum absolute atomic E-state index is 13.9. The monoisotopic (exact) mass is 563 g/mol. The van der Waals surface area contributed by atoms with Gasteiger partial charge in [0.1, 0.15) is 18.3 Å². The lowest BCUT2D eigenvalue weighted by Gasteiger charge is -2.32. The Morgan fingerprint density at radius 1 is 0.925 bits per heavy atom. The minimum atomic E-state index is -4.11. The minimum absolute atomic E-state index is 0.0350. The van der Waals surface area contributed by atoms with E-state index < -0.39 is 28.5 Å². The number of carbonyl (C=O) groups is 2. The van der Waals surface area contributed by atoms with Crippen LogP contribution < -0.4 is 14.4 Å². The summed E-state index contributed by atoms with van der Waals surface area (Å²) in [7, 11) is -2.60. The Hall–Kier alpha value is -3.85. The molecular formula is C31H37N3O5S. The third-order valence-electron chi connectivity index (χ3n) is 7.32. The fourth-order valence-corrected chi connectivity index (χ4v) is 6.37. The van der Waals surface area contributed by atoms with Crippen molar-refractivity contribution in [3.05, 3.63) is 90.5 Å².